The van der Waals surface area contributed by atoms with Crippen LogP contribution in [0.1, 0.15) is 27.5 Å². The molecule has 6 nitrogen and oxygen atoms in total. The van der Waals surface area contributed by atoms with E-state index < -0.39 is 17.9 Å². The number of esters is 1. The summed E-state index contributed by atoms with van der Waals surface area (Å²) in [6.45, 7) is -0.232. The Hall–Kier alpha value is -3.93. The van der Waals surface area contributed by atoms with Crippen LogP contribution >= 0.6 is 0 Å². The van der Waals surface area contributed by atoms with Crippen molar-refractivity contribution in [2.24, 2.45) is 5.16 Å². The molecule has 0 heterocycles. The molecule has 3 aromatic rings. The van der Waals surface area contributed by atoms with Crippen LogP contribution < -0.4 is 5.32 Å². The lowest BCUT2D eigenvalue weighted by Crippen LogP contribution is -2.35. The van der Waals surface area contributed by atoms with Crippen LogP contribution in [-0.2, 0) is 9.53 Å². The summed E-state index contributed by atoms with van der Waals surface area (Å²) in [7, 11) is 0. The van der Waals surface area contributed by atoms with Crippen LogP contribution in [0.15, 0.2) is 96.2 Å². The van der Waals surface area contributed by atoms with Crippen molar-refractivity contribution >= 4 is 17.6 Å². The van der Waals surface area contributed by atoms with Crippen LogP contribution in [0, 0.1) is 0 Å². The molecule has 29 heavy (non-hydrogen) atoms. The van der Waals surface area contributed by atoms with E-state index in [9.17, 15) is 14.8 Å². The van der Waals surface area contributed by atoms with E-state index in [1.165, 1.54) is 0 Å². The maximum atomic E-state index is 12.8. The van der Waals surface area contributed by atoms with Crippen molar-refractivity contribution in [1.29, 1.82) is 0 Å². The van der Waals surface area contributed by atoms with E-state index in [1.54, 1.807) is 78.9 Å². The first-order valence-corrected chi connectivity index (χ1v) is 9.03. The zero-order chi connectivity index (χ0) is 20.5. The topological polar surface area (TPSA) is 88.0 Å². The van der Waals surface area contributed by atoms with Crippen molar-refractivity contribution < 1.29 is 19.5 Å². The van der Waals surface area contributed by atoms with Crippen molar-refractivity contribution in [3.05, 3.63) is 108 Å². The normalized spacial score (nSPS) is 12.1. The van der Waals surface area contributed by atoms with Gasteiger partial charge in [0.15, 0.2) is 6.04 Å². The number of benzene rings is 3. The number of hydrogen-bond donors (Lipinski definition) is 2. The van der Waals surface area contributed by atoms with Crippen LogP contribution in [0.2, 0.25) is 0 Å². The van der Waals surface area contributed by atoms with E-state index in [4.69, 9.17) is 4.74 Å². The minimum absolute atomic E-state index is 0.208. The first-order chi connectivity index (χ1) is 14.2. The minimum atomic E-state index is -1.00. The average Bonchev–Trinajstić information content (AvgIpc) is 2.79. The Labute approximate surface area is 168 Å². The van der Waals surface area contributed by atoms with Gasteiger partial charge in [-0.25, -0.2) is 4.79 Å². The highest BCUT2D eigenvalue weighted by Crippen LogP contribution is 2.16. The highest BCUT2D eigenvalue weighted by atomic mass is 16.5. The molecule has 0 aliphatic heterocycles. The molecule has 2 N–H and O–H groups in total. The third-order valence-electron chi connectivity index (χ3n) is 4.26. The maximum absolute atomic E-state index is 12.8. The van der Waals surface area contributed by atoms with Crippen molar-refractivity contribution in [2.45, 2.75) is 6.04 Å². The first-order valence-electron chi connectivity index (χ1n) is 9.03. The number of ether oxygens (including phenoxy) is 1. The molecule has 1 atom stereocenters. The molecule has 0 radical (unpaired) electrons. The summed E-state index contributed by atoms with van der Waals surface area (Å²) in [5, 5.41) is 15.2. The van der Waals surface area contributed by atoms with E-state index >= 15 is 0 Å². The van der Waals surface area contributed by atoms with Crippen LogP contribution in [0.5, 0.6) is 0 Å². The maximum Gasteiger partial charge on any atom is 0.333 e. The number of hydrogen-bond acceptors (Lipinski definition) is 5. The van der Waals surface area contributed by atoms with Gasteiger partial charge in [0.1, 0.15) is 12.3 Å². The van der Waals surface area contributed by atoms with Crippen LogP contribution in [0.3, 0.4) is 0 Å². The first kappa shape index (κ1) is 19.8. The van der Waals surface area contributed by atoms with Gasteiger partial charge in [-0.1, -0.05) is 84.0 Å². The molecule has 0 bridgehead atoms. The summed E-state index contributed by atoms with van der Waals surface area (Å²) < 4.78 is 5.36. The highest BCUT2D eigenvalue weighted by molar-refractivity contribution is 6.02. The molecule has 1 amide bonds. The number of carbonyl (C=O) groups excluding carboxylic acids is 2. The molecule has 0 fully saturated rings. The standard InChI is InChI=1S/C23H20N2O4/c26-22(19-14-8-3-9-15-19)24-21(18-12-6-2-7-13-18)23(27)29-16-20(25-28)17-10-4-1-5-11-17/h1-15,21,28H,16H2,(H,24,26)/t21-/m0/s1. The van der Waals surface area contributed by atoms with Gasteiger partial charge in [0.25, 0.3) is 5.91 Å². The lowest BCUT2D eigenvalue weighted by molar-refractivity contribution is -0.144. The molecule has 0 aromatic heterocycles. The van der Waals surface area contributed by atoms with E-state index in [0.29, 0.717) is 16.7 Å². The number of oxime groups is 1. The lowest BCUT2D eigenvalue weighted by Gasteiger charge is -2.18. The van der Waals surface area contributed by atoms with Crippen molar-refractivity contribution in [1.82, 2.24) is 5.32 Å². The van der Waals surface area contributed by atoms with E-state index in [0.717, 1.165) is 0 Å². The Morgan fingerprint density at radius 3 is 1.90 bits per heavy atom. The summed E-state index contributed by atoms with van der Waals surface area (Å²) in [5.74, 6) is -1.05. The van der Waals surface area contributed by atoms with Crippen molar-refractivity contribution in [2.75, 3.05) is 6.61 Å². The van der Waals surface area contributed by atoms with Gasteiger partial charge >= 0.3 is 5.97 Å². The van der Waals surface area contributed by atoms with Gasteiger partial charge in [0, 0.05) is 11.1 Å². The molecular formula is C23H20N2O4. The van der Waals surface area contributed by atoms with E-state index in [-0.39, 0.29) is 12.3 Å². The van der Waals surface area contributed by atoms with Crippen LogP contribution in [0.4, 0.5) is 0 Å². The molecule has 0 saturated heterocycles. The number of nitrogens with one attached hydrogen (secondary N) is 1. The van der Waals surface area contributed by atoms with Gasteiger partial charge in [0.05, 0.1) is 0 Å². The summed E-state index contributed by atoms with van der Waals surface area (Å²) in [5.41, 5.74) is 1.86. The SMILES string of the molecule is O=C(N[C@H](C(=O)OCC(=NO)c1ccccc1)c1ccccc1)c1ccccc1. The van der Waals surface area contributed by atoms with Crippen LogP contribution in [0.25, 0.3) is 0 Å². The molecule has 0 saturated carbocycles. The third kappa shape index (κ3) is 5.29. The fourth-order valence-corrected chi connectivity index (χ4v) is 2.75. The Balaban J connectivity index is 1.75. The monoisotopic (exact) mass is 388 g/mol. The molecule has 0 aliphatic carbocycles. The third-order valence-corrected chi connectivity index (χ3v) is 4.26. The fraction of sp³-hybridized carbons (Fsp3) is 0.0870. The van der Waals surface area contributed by atoms with Gasteiger partial charge in [-0.05, 0) is 17.7 Å². The molecule has 3 rings (SSSR count). The minimum Gasteiger partial charge on any atom is -0.457 e. The fourth-order valence-electron chi connectivity index (χ4n) is 2.75. The Kier molecular flexibility index (Phi) is 6.73. The summed E-state index contributed by atoms with van der Waals surface area (Å²) in [6, 6.07) is 25.3. The molecule has 146 valence electrons. The number of amides is 1. The molecule has 0 spiro atoms. The quantitative estimate of drug-likeness (QED) is 0.280. The summed E-state index contributed by atoms with van der Waals surface area (Å²) in [4.78, 5) is 25.4. The lowest BCUT2D eigenvalue weighted by atomic mass is 10.1. The highest BCUT2D eigenvalue weighted by Gasteiger charge is 2.25. The second-order valence-corrected chi connectivity index (χ2v) is 6.20. The average molecular weight is 388 g/mol. The zero-order valence-electron chi connectivity index (χ0n) is 15.6. The second kappa shape index (κ2) is 9.85. The van der Waals surface area contributed by atoms with Gasteiger partial charge < -0.3 is 15.3 Å². The van der Waals surface area contributed by atoms with E-state index in [2.05, 4.69) is 10.5 Å². The van der Waals surface area contributed by atoms with Gasteiger partial charge in [-0.3, -0.25) is 4.79 Å². The molecule has 3 aromatic carbocycles. The van der Waals surface area contributed by atoms with Crippen molar-refractivity contribution in [3.8, 4) is 0 Å². The Bertz CT molecular complexity index is 974. The van der Waals surface area contributed by atoms with Crippen LogP contribution in [-0.4, -0.2) is 29.4 Å². The zero-order valence-corrected chi connectivity index (χ0v) is 15.6. The van der Waals surface area contributed by atoms with Gasteiger partial charge in [-0.2, -0.15) is 0 Å². The predicted molar refractivity (Wildman–Crippen MR) is 109 cm³/mol. The molecule has 6 heteroatoms. The Morgan fingerprint density at radius 1 is 0.828 bits per heavy atom. The Morgan fingerprint density at radius 2 is 1.34 bits per heavy atom. The predicted octanol–water partition coefficient (Wildman–Crippen LogP) is 3.58. The number of carbonyl (C=O) groups is 2. The van der Waals surface area contributed by atoms with E-state index in [1.807, 2.05) is 12.1 Å². The molecule has 0 aliphatic rings. The molecule has 0 unspecified atom stereocenters. The summed E-state index contributed by atoms with van der Waals surface area (Å²) in [6.07, 6.45) is 0. The molecular weight excluding hydrogens is 368 g/mol. The van der Waals surface area contributed by atoms with Crippen molar-refractivity contribution in [3.63, 3.8) is 0 Å². The van der Waals surface area contributed by atoms with Gasteiger partial charge in [0.2, 0.25) is 0 Å². The second-order valence-electron chi connectivity index (χ2n) is 6.20. The largest absolute Gasteiger partial charge is 0.457 e. The smallest absolute Gasteiger partial charge is 0.333 e. The number of rotatable bonds is 7. The number of nitrogens with zero attached hydrogens (tertiary/aromatic N) is 1. The summed E-state index contributed by atoms with van der Waals surface area (Å²) >= 11 is 0. The van der Waals surface area contributed by atoms with Gasteiger partial charge in [-0.15, -0.1) is 0 Å².